The molecule has 2 aromatic carbocycles. The largest absolute Gasteiger partial charge is 0.489 e. The highest BCUT2D eigenvalue weighted by atomic mass is 16.5. The van der Waals surface area contributed by atoms with E-state index in [4.69, 9.17) is 9.47 Å². The van der Waals surface area contributed by atoms with E-state index in [1.807, 2.05) is 38.1 Å². The van der Waals surface area contributed by atoms with Gasteiger partial charge in [0.05, 0.1) is 5.56 Å². The molecule has 1 aliphatic rings. The molecular formula is C20H18O3. The number of allylic oxidation sites excluding steroid dienone is 1. The second-order valence-electron chi connectivity index (χ2n) is 5.70. The Labute approximate surface area is 135 Å². The minimum Gasteiger partial charge on any atom is -0.489 e. The molecule has 0 radical (unpaired) electrons. The maximum Gasteiger partial charge on any atom is 0.231 e. The topological polar surface area (TPSA) is 35.5 Å². The molecule has 0 N–H and O–H groups in total. The van der Waals surface area contributed by atoms with Crippen molar-refractivity contribution in [3.8, 4) is 11.5 Å². The number of ketones is 1. The van der Waals surface area contributed by atoms with E-state index in [1.54, 1.807) is 24.3 Å². The van der Waals surface area contributed by atoms with E-state index in [0.717, 1.165) is 16.7 Å². The standard InChI is InChI=1S/C20H18O3/c1-13(2)12-22-16-8-9-17-18(11-16)23-19(20(17)21)10-15-7-5-4-6-14(15)3/h4-11H,1,12H2,2-3H3. The molecular weight excluding hydrogens is 288 g/mol. The van der Waals surface area contributed by atoms with Crippen molar-refractivity contribution in [3.63, 3.8) is 0 Å². The highest BCUT2D eigenvalue weighted by molar-refractivity contribution is 6.14. The first-order valence-electron chi connectivity index (χ1n) is 7.46. The third kappa shape index (κ3) is 3.19. The fourth-order valence-corrected chi connectivity index (χ4v) is 2.35. The van der Waals surface area contributed by atoms with Crippen LogP contribution in [-0.4, -0.2) is 12.4 Å². The maximum absolute atomic E-state index is 12.4. The lowest BCUT2D eigenvalue weighted by molar-refractivity contribution is 0.101. The average Bonchev–Trinajstić information content (AvgIpc) is 2.83. The van der Waals surface area contributed by atoms with Gasteiger partial charge in [0.2, 0.25) is 5.78 Å². The van der Waals surface area contributed by atoms with Gasteiger partial charge in [-0.1, -0.05) is 30.8 Å². The van der Waals surface area contributed by atoms with Crippen LogP contribution in [-0.2, 0) is 0 Å². The summed E-state index contributed by atoms with van der Waals surface area (Å²) in [5.41, 5.74) is 3.57. The molecule has 0 atom stereocenters. The SMILES string of the molecule is C=C(C)COc1ccc2c(c1)OC(=Cc1ccccc1C)C2=O. The lowest BCUT2D eigenvalue weighted by Crippen LogP contribution is -1.98. The Morgan fingerprint density at radius 2 is 2.04 bits per heavy atom. The number of benzene rings is 2. The monoisotopic (exact) mass is 306 g/mol. The van der Waals surface area contributed by atoms with E-state index in [2.05, 4.69) is 6.58 Å². The van der Waals surface area contributed by atoms with Crippen molar-refractivity contribution in [1.82, 2.24) is 0 Å². The van der Waals surface area contributed by atoms with Gasteiger partial charge in [-0.05, 0) is 48.8 Å². The molecule has 0 saturated heterocycles. The van der Waals surface area contributed by atoms with Gasteiger partial charge >= 0.3 is 0 Å². The molecule has 3 nitrogen and oxygen atoms in total. The zero-order valence-corrected chi connectivity index (χ0v) is 13.3. The van der Waals surface area contributed by atoms with Gasteiger partial charge < -0.3 is 9.47 Å². The van der Waals surface area contributed by atoms with Gasteiger partial charge in [0.1, 0.15) is 18.1 Å². The molecule has 116 valence electrons. The fraction of sp³-hybridized carbons (Fsp3) is 0.150. The third-order valence-electron chi connectivity index (χ3n) is 3.60. The number of carbonyl (C=O) groups excluding carboxylic acids is 1. The highest BCUT2D eigenvalue weighted by Gasteiger charge is 2.27. The summed E-state index contributed by atoms with van der Waals surface area (Å²) in [5.74, 6) is 1.44. The zero-order valence-electron chi connectivity index (χ0n) is 13.3. The predicted octanol–water partition coefficient (Wildman–Crippen LogP) is 4.57. The van der Waals surface area contributed by atoms with Crippen molar-refractivity contribution < 1.29 is 14.3 Å². The molecule has 2 aromatic rings. The van der Waals surface area contributed by atoms with E-state index in [9.17, 15) is 4.79 Å². The Morgan fingerprint density at radius 1 is 1.26 bits per heavy atom. The number of hydrogen-bond donors (Lipinski definition) is 0. The van der Waals surface area contributed by atoms with Gasteiger partial charge in [0.25, 0.3) is 0 Å². The first-order chi connectivity index (χ1) is 11.0. The van der Waals surface area contributed by atoms with Gasteiger partial charge in [-0.25, -0.2) is 0 Å². The van der Waals surface area contributed by atoms with Crippen LogP contribution in [0, 0.1) is 6.92 Å². The lowest BCUT2D eigenvalue weighted by Gasteiger charge is -2.06. The molecule has 0 fully saturated rings. The van der Waals surface area contributed by atoms with Crippen LogP contribution in [0.5, 0.6) is 11.5 Å². The van der Waals surface area contributed by atoms with Crippen molar-refractivity contribution in [3.05, 3.63) is 77.1 Å². The first kappa shape index (κ1) is 15.1. The van der Waals surface area contributed by atoms with Crippen molar-refractivity contribution >= 4 is 11.9 Å². The number of hydrogen-bond acceptors (Lipinski definition) is 3. The van der Waals surface area contributed by atoms with Crippen LogP contribution in [0.3, 0.4) is 0 Å². The van der Waals surface area contributed by atoms with Crippen LogP contribution >= 0.6 is 0 Å². The van der Waals surface area contributed by atoms with E-state index in [0.29, 0.717) is 29.4 Å². The summed E-state index contributed by atoms with van der Waals surface area (Å²) in [6.07, 6.45) is 1.78. The van der Waals surface area contributed by atoms with Gasteiger partial charge in [0.15, 0.2) is 5.76 Å². The van der Waals surface area contributed by atoms with Crippen molar-refractivity contribution in [2.24, 2.45) is 0 Å². The van der Waals surface area contributed by atoms with Gasteiger partial charge in [-0.15, -0.1) is 0 Å². The lowest BCUT2D eigenvalue weighted by atomic mass is 10.1. The second kappa shape index (κ2) is 6.13. The quantitative estimate of drug-likeness (QED) is 0.613. The molecule has 0 saturated carbocycles. The molecule has 0 unspecified atom stereocenters. The summed E-state index contributed by atoms with van der Waals surface area (Å²) in [7, 11) is 0. The number of aryl methyl sites for hydroxylation is 1. The molecule has 1 heterocycles. The van der Waals surface area contributed by atoms with E-state index < -0.39 is 0 Å². The Kier molecular flexibility index (Phi) is 4.02. The molecule has 23 heavy (non-hydrogen) atoms. The smallest absolute Gasteiger partial charge is 0.231 e. The van der Waals surface area contributed by atoms with E-state index >= 15 is 0 Å². The number of rotatable bonds is 4. The van der Waals surface area contributed by atoms with Crippen molar-refractivity contribution in [2.75, 3.05) is 6.61 Å². The minimum atomic E-state index is -0.102. The Hall–Kier alpha value is -2.81. The Balaban J connectivity index is 1.87. The molecule has 0 bridgehead atoms. The summed E-state index contributed by atoms with van der Waals surface area (Å²) in [6.45, 7) is 8.15. The van der Waals surface area contributed by atoms with E-state index in [1.165, 1.54) is 0 Å². The third-order valence-corrected chi connectivity index (χ3v) is 3.60. The normalized spacial score (nSPS) is 14.5. The molecule has 0 amide bonds. The summed E-state index contributed by atoms with van der Waals surface area (Å²) in [5, 5.41) is 0. The van der Waals surface area contributed by atoms with Crippen LogP contribution in [0.4, 0.5) is 0 Å². The van der Waals surface area contributed by atoms with Gasteiger partial charge in [-0.2, -0.15) is 0 Å². The second-order valence-corrected chi connectivity index (χ2v) is 5.70. The van der Waals surface area contributed by atoms with Gasteiger partial charge in [0, 0.05) is 6.07 Å². The molecule has 0 aromatic heterocycles. The average molecular weight is 306 g/mol. The van der Waals surface area contributed by atoms with Crippen molar-refractivity contribution in [2.45, 2.75) is 13.8 Å². The minimum absolute atomic E-state index is 0.102. The molecule has 0 spiro atoms. The van der Waals surface area contributed by atoms with Crippen LogP contribution < -0.4 is 9.47 Å². The molecule has 1 aliphatic heterocycles. The number of ether oxygens (including phenoxy) is 2. The van der Waals surface area contributed by atoms with Gasteiger partial charge in [-0.3, -0.25) is 4.79 Å². The maximum atomic E-state index is 12.4. The van der Waals surface area contributed by atoms with Crippen LogP contribution in [0.15, 0.2) is 60.4 Å². The number of fused-ring (bicyclic) bond motifs is 1. The number of Topliss-reactive ketones (excluding diaryl/α,β-unsaturated/α-hetero) is 1. The van der Waals surface area contributed by atoms with Crippen LogP contribution in [0.2, 0.25) is 0 Å². The molecule has 3 rings (SSSR count). The zero-order chi connectivity index (χ0) is 16.4. The number of carbonyl (C=O) groups is 1. The first-order valence-corrected chi connectivity index (χ1v) is 7.46. The van der Waals surface area contributed by atoms with Crippen LogP contribution in [0.25, 0.3) is 6.08 Å². The summed E-state index contributed by atoms with van der Waals surface area (Å²) >= 11 is 0. The summed E-state index contributed by atoms with van der Waals surface area (Å²) < 4.78 is 11.3. The fourth-order valence-electron chi connectivity index (χ4n) is 2.35. The predicted molar refractivity (Wildman–Crippen MR) is 90.9 cm³/mol. The Bertz CT molecular complexity index is 815. The summed E-state index contributed by atoms with van der Waals surface area (Å²) in [4.78, 5) is 12.4. The molecule has 0 aliphatic carbocycles. The van der Waals surface area contributed by atoms with E-state index in [-0.39, 0.29) is 5.78 Å². The summed E-state index contributed by atoms with van der Waals surface area (Å²) in [6, 6.07) is 13.1. The highest BCUT2D eigenvalue weighted by Crippen LogP contribution is 2.35. The van der Waals surface area contributed by atoms with Crippen LogP contribution in [0.1, 0.15) is 28.4 Å². The molecule has 3 heteroatoms. The Morgan fingerprint density at radius 3 is 2.78 bits per heavy atom. The van der Waals surface area contributed by atoms with Crippen molar-refractivity contribution in [1.29, 1.82) is 0 Å².